The Morgan fingerprint density at radius 1 is 1.50 bits per heavy atom. The Kier molecular flexibility index (Phi) is 4.61. The van der Waals surface area contributed by atoms with Gasteiger partial charge in [0.2, 0.25) is 5.91 Å². The van der Waals surface area contributed by atoms with Crippen molar-refractivity contribution in [3.63, 3.8) is 0 Å². The molecule has 1 rings (SSSR count). The van der Waals surface area contributed by atoms with Crippen molar-refractivity contribution in [2.24, 2.45) is 0 Å². The summed E-state index contributed by atoms with van der Waals surface area (Å²) in [7, 11) is 0. The molecule has 0 saturated heterocycles. The van der Waals surface area contributed by atoms with Crippen molar-refractivity contribution in [2.75, 3.05) is 5.06 Å². The summed E-state index contributed by atoms with van der Waals surface area (Å²) in [6, 6.07) is 5.42. The molecule has 0 bridgehead atoms. The summed E-state index contributed by atoms with van der Waals surface area (Å²) >= 11 is 0. The van der Waals surface area contributed by atoms with E-state index >= 15 is 0 Å². The van der Waals surface area contributed by atoms with E-state index in [9.17, 15) is 20.1 Å². The van der Waals surface area contributed by atoms with E-state index in [1.54, 1.807) is 6.92 Å². The van der Waals surface area contributed by atoms with Gasteiger partial charge in [0.05, 0.1) is 10.6 Å². The summed E-state index contributed by atoms with van der Waals surface area (Å²) in [4.78, 5) is 20.9. The maximum absolute atomic E-state index is 11.0. The van der Waals surface area contributed by atoms with Gasteiger partial charge in [-0.2, -0.15) is 0 Å². The lowest BCUT2D eigenvalue weighted by atomic mass is 10.2. The lowest BCUT2D eigenvalue weighted by Crippen LogP contribution is -2.45. The lowest BCUT2D eigenvalue weighted by molar-refractivity contribution is -0.384. The van der Waals surface area contributed by atoms with Gasteiger partial charge in [-0.05, 0) is 18.6 Å². The van der Waals surface area contributed by atoms with Crippen LogP contribution in [0.25, 0.3) is 0 Å². The molecule has 0 aliphatic carbocycles. The van der Waals surface area contributed by atoms with Gasteiger partial charge in [-0.25, -0.2) is 5.06 Å². The number of amides is 1. The molecule has 0 aromatic heterocycles. The van der Waals surface area contributed by atoms with Crippen molar-refractivity contribution in [1.82, 2.24) is 5.32 Å². The minimum absolute atomic E-state index is 0.0558. The fraction of sp³-hybridized carbons (Fsp3) is 0.364. The number of anilines is 1. The highest BCUT2D eigenvalue weighted by molar-refractivity contribution is 5.73. The van der Waals surface area contributed by atoms with E-state index in [0.29, 0.717) is 12.1 Å². The number of hydrogen-bond acceptors (Lipinski definition) is 5. The quantitative estimate of drug-likeness (QED) is 0.472. The van der Waals surface area contributed by atoms with E-state index < -0.39 is 11.1 Å². The van der Waals surface area contributed by atoms with Crippen molar-refractivity contribution in [2.45, 2.75) is 26.4 Å². The Labute approximate surface area is 104 Å². The highest BCUT2D eigenvalue weighted by Crippen LogP contribution is 2.19. The minimum atomic E-state index is -0.566. The Balaban J connectivity index is 2.84. The van der Waals surface area contributed by atoms with Crippen molar-refractivity contribution in [3.8, 4) is 0 Å². The molecule has 0 radical (unpaired) electrons. The molecule has 1 amide bonds. The molecule has 1 aromatic rings. The summed E-state index contributed by atoms with van der Waals surface area (Å²) < 4.78 is 0. The number of carbonyl (C=O) groups excluding carboxylic acids is 1. The van der Waals surface area contributed by atoms with Gasteiger partial charge in [0.1, 0.15) is 6.17 Å². The molecule has 1 aromatic carbocycles. The molecule has 2 N–H and O–H groups in total. The Morgan fingerprint density at radius 2 is 2.06 bits per heavy atom. The molecule has 0 fully saturated rings. The first-order chi connectivity index (χ1) is 8.45. The number of nitro benzene ring substituents is 1. The third-order valence-electron chi connectivity index (χ3n) is 2.38. The smallest absolute Gasteiger partial charge is 0.269 e. The fourth-order valence-electron chi connectivity index (χ4n) is 1.48. The lowest BCUT2D eigenvalue weighted by Gasteiger charge is -2.27. The number of nitrogens with one attached hydrogen (secondary N) is 1. The van der Waals surface area contributed by atoms with Crippen LogP contribution in [0, 0.1) is 10.1 Å². The number of non-ortho nitro benzene ring substituents is 1. The van der Waals surface area contributed by atoms with Gasteiger partial charge in [-0.15, -0.1) is 0 Å². The Hall–Kier alpha value is -2.15. The van der Waals surface area contributed by atoms with Gasteiger partial charge in [-0.3, -0.25) is 20.1 Å². The topological polar surface area (TPSA) is 95.7 Å². The van der Waals surface area contributed by atoms with E-state index in [4.69, 9.17) is 0 Å². The SMILES string of the molecule is CCC(NC(C)=O)N(O)c1ccc([N+](=O)[O-])cc1. The van der Waals surface area contributed by atoms with Crippen LogP contribution in [0.15, 0.2) is 24.3 Å². The molecule has 0 aliphatic rings. The highest BCUT2D eigenvalue weighted by Gasteiger charge is 2.17. The van der Waals surface area contributed by atoms with Crippen LogP contribution in [-0.4, -0.2) is 22.2 Å². The molecular weight excluding hydrogens is 238 g/mol. The van der Waals surface area contributed by atoms with Gasteiger partial charge in [0.25, 0.3) is 5.69 Å². The molecule has 0 aliphatic heterocycles. The number of benzene rings is 1. The van der Waals surface area contributed by atoms with Crippen LogP contribution in [0.1, 0.15) is 20.3 Å². The first-order valence-electron chi connectivity index (χ1n) is 5.45. The van der Waals surface area contributed by atoms with Gasteiger partial charge in [0.15, 0.2) is 0 Å². The van der Waals surface area contributed by atoms with Gasteiger partial charge >= 0.3 is 0 Å². The Morgan fingerprint density at radius 3 is 2.44 bits per heavy atom. The van der Waals surface area contributed by atoms with Crippen LogP contribution < -0.4 is 10.4 Å². The van der Waals surface area contributed by atoms with Crippen LogP contribution in [0.5, 0.6) is 0 Å². The minimum Gasteiger partial charge on any atom is -0.334 e. The second-order valence-corrected chi connectivity index (χ2v) is 3.74. The summed E-state index contributed by atoms with van der Waals surface area (Å²) in [6.45, 7) is 3.15. The second kappa shape index (κ2) is 5.97. The molecule has 0 saturated carbocycles. The molecule has 1 unspecified atom stereocenters. The zero-order valence-electron chi connectivity index (χ0n) is 10.2. The standard InChI is InChI=1S/C11H15N3O4/c1-3-11(12-8(2)15)13(16)9-4-6-10(7-5-9)14(17)18/h4-7,11,16H,3H2,1-2H3,(H,12,15). The maximum Gasteiger partial charge on any atom is 0.269 e. The largest absolute Gasteiger partial charge is 0.334 e. The first kappa shape index (κ1) is 13.9. The molecular formula is C11H15N3O4. The van der Waals surface area contributed by atoms with Gasteiger partial charge < -0.3 is 5.32 Å². The summed E-state index contributed by atoms with van der Waals surface area (Å²) in [5.41, 5.74) is 0.320. The average molecular weight is 253 g/mol. The summed E-state index contributed by atoms with van der Waals surface area (Å²) in [5, 5.41) is 23.8. The predicted octanol–water partition coefficient (Wildman–Crippen LogP) is 1.66. The summed E-state index contributed by atoms with van der Waals surface area (Å²) in [6.07, 6.45) is -0.0727. The number of nitro groups is 1. The molecule has 98 valence electrons. The number of carbonyl (C=O) groups is 1. The molecule has 0 spiro atoms. The molecule has 0 heterocycles. The molecule has 18 heavy (non-hydrogen) atoms. The van der Waals surface area contributed by atoms with Crippen LogP contribution in [0.2, 0.25) is 0 Å². The van der Waals surface area contributed by atoms with E-state index in [2.05, 4.69) is 5.32 Å². The van der Waals surface area contributed by atoms with Crippen molar-refractivity contribution in [3.05, 3.63) is 34.4 Å². The first-order valence-corrected chi connectivity index (χ1v) is 5.45. The number of nitrogens with zero attached hydrogens (tertiary/aromatic N) is 2. The third kappa shape index (κ3) is 3.42. The van der Waals surface area contributed by atoms with Crippen molar-refractivity contribution < 1.29 is 14.9 Å². The molecule has 1 atom stereocenters. The average Bonchev–Trinajstić information content (AvgIpc) is 2.35. The van der Waals surface area contributed by atoms with Crippen molar-refractivity contribution >= 4 is 17.3 Å². The van der Waals surface area contributed by atoms with Gasteiger partial charge in [-0.1, -0.05) is 6.92 Å². The van der Waals surface area contributed by atoms with Gasteiger partial charge in [0, 0.05) is 19.1 Å². The van der Waals surface area contributed by atoms with Crippen LogP contribution in [0.3, 0.4) is 0 Å². The predicted molar refractivity (Wildman–Crippen MR) is 65.3 cm³/mol. The van der Waals surface area contributed by atoms with Crippen LogP contribution in [-0.2, 0) is 4.79 Å². The van der Waals surface area contributed by atoms with Crippen molar-refractivity contribution in [1.29, 1.82) is 0 Å². The highest BCUT2D eigenvalue weighted by atomic mass is 16.6. The Bertz CT molecular complexity index is 432. The monoisotopic (exact) mass is 253 g/mol. The zero-order valence-corrected chi connectivity index (χ0v) is 10.2. The van der Waals surface area contributed by atoms with Crippen LogP contribution >= 0.6 is 0 Å². The zero-order chi connectivity index (χ0) is 13.7. The van der Waals surface area contributed by atoms with E-state index in [0.717, 1.165) is 5.06 Å². The maximum atomic E-state index is 11.0. The third-order valence-corrected chi connectivity index (χ3v) is 2.38. The van der Waals surface area contributed by atoms with Crippen LogP contribution in [0.4, 0.5) is 11.4 Å². The fourth-order valence-corrected chi connectivity index (χ4v) is 1.48. The molecule has 7 heteroatoms. The van der Waals surface area contributed by atoms with E-state index in [1.807, 2.05) is 0 Å². The number of rotatable bonds is 5. The van der Waals surface area contributed by atoms with E-state index in [-0.39, 0.29) is 11.6 Å². The summed E-state index contributed by atoms with van der Waals surface area (Å²) in [5.74, 6) is -0.261. The second-order valence-electron chi connectivity index (χ2n) is 3.74. The molecule has 7 nitrogen and oxygen atoms in total. The van der Waals surface area contributed by atoms with E-state index in [1.165, 1.54) is 31.2 Å². The number of hydroxylamine groups is 1. The number of hydrogen-bond donors (Lipinski definition) is 2. The normalized spacial score (nSPS) is 11.7.